The number of hydrogen-bond acceptors (Lipinski definition) is 2. The summed E-state index contributed by atoms with van der Waals surface area (Å²) in [4.78, 5) is 11.5. The largest absolute Gasteiger partial charge is 0.354 e. The van der Waals surface area contributed by atoms with Crippen molar-refractivity contribution >= 4 is 5.91 Å². The summed E-state index contributed by atoms with van der Waals surface area (Å²) in [6, 6.07) is 1.85. The monoisotopic (exact) mass is 255 g/mol. The number of carbonyl (C=O) groups excluding carboxylic acids is 1. The fourth-order valence-corrected chi connectivity index (χ4v) is 1.27. The molecular formula is C14H29N3O. The molecule has 1 aromatic heterocycles. The highest BCUT2D eigenvalue weighted by molar-refractivity contribution is 5.92. The Hall–Kier alpha value is -1.32. The molecular weight excluding hydrogens is 226 g/mol. The standard InChI is InChI=1S/C10H17N3O.2C2H6/c1-5-13-9(10(14)11-4)6-8(12-13)7(2)3;2*1-2/h6-7H,5H2,1-4H3,(H,11,14);2*1-2H3. The lowest BCUT2D eigenvalue weighted by molar-refractivity contribution is 0.0952. The molecule has 0 unspecified atom stereocenters. The van der Waals surface area contributed by atoms with Crippen molar-refractivity contribution in [3.63, 3.8) is 0 Å². The summed E-state index contributed by atoms with van der Waals surface area (Å²) < 4.78 is 1.73. The van der Waals surface area contributed by atoms with Crippen LogP contribution in [-0.4, -0.2) is 22.7 Å². The van der Waals surface area contributed by atoms with Crippen molar-refractivity contribution < 1.29 is 4.79 Å². The molecule has 0 saturated carbocycles. The first kappa shape index (κ1) is 19.0. The number of aryl methyl sites for hydroxylation is 1. The lowest BCUT2D eigenvalue weighted by Gasteiger charge is -2.01. The van der Waals surface area contributed by atoms with E-state index in [1.807, 2.05) is 40.7 Å². The summed E-state index contributed by atoms with van der Waals surface area (Å²) in [5.74, 6) is 0.275. The maximum Gasteiger partial charge on any atom is 0.269 e. The Balaban J connectivity index is 0. The predicted molar refractivity (Wildman–Crippen MR) is 78.1 cm³/mol. The quantitative estimate of drug-likeness (QED) is 0.899. The van der Waals surface area contributed by atoms with E-state index in [0.717, 1.165) is 12.2 Å². The topological polar surface area (TPSA) is 46.9 Å². The fraction of sp³-hybridized carbons (Fsp3) is 0.714. The van der Waals surface area contributed by atoms with E-state index in [9.17, 15) is 4.79 Å². The van der Waals surface area contributed by atoms with Crippen molar-refractivity contribution in [3.8, 4) is 0 Å². The zero-order chi connectivity index (χ0) is 14.7. The molecule has 0 aliphatic carbocycles. The van der Waals surface area contributed by atoms with Gasteiger partial charge in [-0.15, -0.1) is 0 Å². The third-order valence-corrected chi connectivity index (χ3v) is 2.15. The highest BCUT2D eigenvalue weighted by Gasteiger charge is 2.14. The molecule has 0 fully saturated rings. The Morgan fingerprint density at radius 1 is 1.33 bits per heavy atom. The van der Waals surface area contributed by atoms with Crippen LogP contribution in [0.3, 0.4) is 0 Å². The van der Waals surface area contributed by atoms with Crippen LogP contribution < -0.4 is 5.32 Å². The molecule has 0 aromatic carbocycles. The summed E-state index contributed by atoms with van der Waals surface area (Å²) >= 11 is 0. The van der Waals surface area contributed by atoms with Crippen LogP contribution in [0.25, 0.3) is 0 Å². The Labute approximate surface area is 112 Å². The second kappa shape index (κ2) is 10.8. The zero-order valence-electron chi connectivity index (χ0n) is 13.2. The zero-order valence-corrected chi connectivity index (χ0v) is 13.2. The fourth-order valence-electron chi connectivity index (χ4n) is 1.27. The predicted octanol–water partition coefficient (Wildman–Crippen LogP) is 3.44. The van der Waals surface area contributed by atoms with Crippen LogP contribution in [0.5, 0.6) is 0 Å². The summed E-state index contributed by atoms with van der Waals surface area (Å²) in [5.41, 5.74) is 1.60. The van der Waals surface area contributed by atoms with Gasteiger partial charge in [-0.05, 0) is 18.9 Å². The number of nitrogens with zero attached hydrogens (tertiary/aromatic N) is 2. The van der Waals surface area contributed by atoms with Gasteiger partial charge in [0.05, 0.1) is 5.69 Å². The molecule has 1 heterocycles. The van der Waals surface area contributed by atoms with Crippen LogP contribution in [0.15, 0.2) is 6.07 Å². The molecule has 0 radical (unpaired) electrons. The van der Waals surface area contributed by atoms with Gasteiger partial charge in [0.15, 0.2) is 0 Å². The third-order valence-electron chi connectivity index (χ3n) is 2.15. The van der Waals surface area contributed by atoms with E-state index in [4.69, 9.17) is 0 Å². The van der Waals surface area contributed by atoms with E-state index in [0.29, 0.717) is 11.6 Å². The Morgan fingerprint density at radius 2 is 1.83 bits per heavy atom. The number of aromatic nitrogens is 2. The van der Waals surface area contributed by atoms with E-state index in [1.54, 1.807) is 11.7 Å². The molecule has 0 bridgehead atoms. The second-order valence-corrected chi connectivity index (χ2v) is 3.50. The number of hydrogen-bond donors (Lipinski definition) is 1. The molecule has 0 aliphatic rings. The maximum atomic E-state index is 11.5. The van der Waals surface area contributed by atoms with Crippen molar-refractivity contribution in [3.05, 3.63) is 17.5 Å². The van der Waals surface area contributed by atoms with Crippen molar-refractivity contribution in [1.82, 2.24) is 15.1 Å². The minimum atomic E-state index is -0.0775. The molecule has 106 valence electrons. The van der Waals surface area contributed by atoms with Crippen molar-refractivity contribution in [2.45, 2.75) is 60.9 Å². The number of rotatable bonds is 3. The molecule has 0 aliphatic heterocycles. The summed E-state index contributed by atoms with van der Waals surface area (Å²) in [7, 11) is 1.63. The van der Waals surface area contributed by atoms with E-state index >= 15 is 0 Å². The average Bonchev–Trinajstić information content (AvgIpc) is 2.86. The van der Waals surface area contributed by atoms with Crippen LogP contribution in [0, 0.1) is 0 Å². The SMILES string of the molecule is CC.CC.CCn1nc(C(C)C)cc1C(=O)NC. The average molecular weight is 255 g/mol. The number of nitrogens with one attached hydrogen (secondary N) is 1. The van der Waals surface area contributed by atoms with Gasteiger partial charge >= 0.3 is 0 Å². The summed E-state index contributed by atoms with van der Waals surface area (Å²) in [6.45, 7) is 14.8. The molecule has 18 heavy (non-hydrogen) atoms. The molecule has 0 saturated heterocycles. The van der Waals surface area contributed by atoms with E-state index < -0.39 is 0 Å². The molecule has 1 N–H and O–H groups in total. The minimum Gasteiger partial charge on any atom is -0.354 e. The summed E-state index contributed by atoms with van der Waals surface area (Å²) in [6.07, 6.45) is 0. The van der Waals surface area contributed by atoms with Gasteiger partial charge in [-0.1, -0.05) is 41.5 Å². The summed E-state index contributed by atoms with van der Waals surface area (Å²) in [5, 5.41) is 6.96. The number of carbonyl (C=O) groups is 1. The van der Waals surface area contributed by atoms with Crippen LogP contribution in [0.2, 0.25) is 0 Å². The van der Waals surface area contributed by atoms with E-state index in [-0.39, 0.29) is 5.91 Å². The minimum absolute atomic E-state index is 0.0775. The molecule has 1 amide bonds. The van der Waals surface area contributed by atoms with Crippen LogP contribution in [0.4, 0.5) is 0 Å². The maximum absolute atomic E-state index is 11.5. The normalized spacial score (nSPS) is 8.94. The first-order valence-electron chi connectivity index (χ1n) is 6.90. The first-order chi connectivity index (χ1) is 8.60. The van der Waals surface area contributed by atoms with Gasteiger partial charge in [-0.25, -0.2) is 0 Å². The van der Waals surface area contributed by atoms with Gasteiger partial charge in [0.1, 0.15) is 5.69 Å². The highest BCUT2D eigenvalue weighted by Crippen LogP contribution is 2.14. The lowest BCUT2D eigenvalue weighted by Crippen LogP contribution is -2.21. The molecule has 0 atom stereocenters. The lowest BCUT2D eigenvalue weighted by atomic mass is 10.1. The van der Waals surface area contributed by atoms with Crippen molar-refractivity contribution in [1.29, 1.82) is 0 Å². The van der Waals surface area contributed by atoms with Crippen LogP contribution >= 0.6 is 0 Å². The van der Waals surface area contributed by atoms with Gasteiger partial charge in [0.25, 0.3) is 5.91 Å². The van der Waals surface area contributed by atoms with Crippen LogP contribution in [0.1, 0.15) is 70.6 Å². The van der Waals surface area contributed by atoms with Gasteiger partial charge in [-0.3, -0.25) is 9.48 Å². The van der Waals surface area contributed by atoms with Crippen molar-refractivity contribution in [2.75, 3.05) is 7.05 Å². The van der Waals surface area contributed by atoms with Gasteiger partial charge in [-0.2, -0.15) is 5.10 Å². The molecule has 4 heteroatoms. The first-order valence-corrected chi connectivity index (χ1v) is 6.90. The Kier molecular flexibility index (Phi) is 11.4. The van der Waals surface area contributed by atoms with Crippen molar-refractivity contribution in [2.24, 2.45) is 0 Å². The Morgan fingerprint density at radius 3 is 2.17 bits per heavy atom. The Bertz CT molecular complexity index is 330. The molecule has 4 nitrogen and oxygen atoms in total. The van der Waals surface area contributed by atoms with Gasteiger partial charge in [0.2, 0.25) is 0 Å². The molecule has 1 rings (SSSR count). The second-order valence-electron chi connectivity index (χ2n) is 3.50. The van der Waals surface area contributed by atoms with Gasteiger partial charge < -0.3 is 5.32 Å². The highest BCUT2D eigenvalue weighted by atomic mass is 16.1. The third kappa shape index (κ3) is 5.34. The molecule has 1 aromatic rings. The smallest absolute Gasteiger partial charge is 0.269 e. The number of amides is 1. The molecule has 0 spiro atoms. The van der Waals surface area contributed by atoms with E-state index in [2.05, 4.69) is 24.3 Å². The van der Waals surface area contributed by atoms with E-state index in [1.165, 1.54) is 0 Å². The van der Waals surface area contributed by atoms with Gasteiger partial charge in [0, 0.05) is 13.6 Å². The van der Waals surface area contributed by atoms with Crippen LogP contribution in [-0.2, 0) is 6.54 Å².